The van der Waals surface area contributed by atoms with Gasteiger partial charge in [-0.3, -0.25) is 0 Å². The highest BCUT2D eigenvalue weighted by atomic mass is 15.0. The minimum absolute atomic E-state index is 0.274. The van der Waals surface area contributed by atoms with Crippen LogP contribution in [0.15, 0.2) is 24.3 Å². The van der Waals surface area contributed by atoms with Gasteiger partial charge in [0.2, 0.25) is 0 Å². The lowest BCUT2D eigenvalue weighted by Crippen LogP contribution is -2.40. The summed E-state index contributed by atoms with van der Waals surface area (Å²) in [5.41, 5.74) is 3.11. The molecule has 18 heavy (non-hydrogen) atoms. The first kappa shape index (κ1) is 15.2. The van der Waals surface area contributed by atoms with Crippen molar-refractivity contribution in [2.24, 2.45) is 5.92 Å². The Morgan fingerprint density at radius 2 is 1.50 bits per heavy atom. The molecule has 0 unspecified atom stereocenters. The lowest BCUT2D eigenvalue weighted by Gasteiger charge is -2.28. The van der Waals surface area contributed by atoms with Gasteiger partial charge in [-0.05, 0) is 43.2 Å². The third-order valence-electron chi connectivity index (χ3n) is 3.95. The highest BCUT2D eigenvalue weighted by molar-refractivity contribution is 5.22. The zero-order valence-corrected chi connectivity index (χ0v) is 12.7. The van der Waals surface area contributed by atoms with E-state index in [1.807, 2.05) is 0 Å². The largest absolute Gasteiger partial charge is 0.307 e. The Kier molecular flexibility index (Phi) is 5.87. The fraction of sp³-hybridized carbons (Fsp3) is 0.647. The van der Waals surface area contributed by atoms with Crippen LogP contribution in [0.3, 0.4) is 0 Å². The van der Waals surface area contributed by atoms with E-state index in [4.69, 9.17) is 0 Å². The first-order valence-corrected chi connectivity index (χ1v) is 7.32. The molecule has 0 bridgehead atoms. The van der Waals surface area contributed by atoms with Crippen molar-refractivity contribution in [2.75, 3.05) is 0 Å². The smallest absolute Gasteiger partial charge is 0.0210 e. The Bertz CT molecular complexity index is 333. The van der Waals surface area contributed by atoms with Gasteiger partial charge in [0.05, 0.1) is 0 Å². The van der Waals surface area contributed by atoms with Crippen LogP contribution in [0.5, 0.6) is 0 Å². The summed E-state index contributed by atoms with van der Waals surface area (Å²) in [5, 5.41) is 3.67. The van der Waals surface area contributed by atoms with Crippen molar-refractivity contribution in [2.45, 2.75) is 66.0 Å². The van der Waals surface area contributed by atoms with Gasteiger partial charge in [0.25, 0.3) is 0 Å². The van der Waals surface area contributed by atoms with E-state index < -0.39 is 0 Å². The minimum Gasteiger partial charge on any atom is -0.307 e. The number of nitrogens with one attached hydrogen (secondary N) is 1. The van der Waals surface area contributed by atoms with Gasteiger partial charge in [0.1, 0.15) is 0 Å². The maximum Gasteiger partial charge on any atom is 0.0210 e. The van der Waals surface area contributed by atoms with Crippen LogP contribution in [0, 0.1) is 5.92 Å². The van der Waals surface area contributed by atoms with E-state index in [0.29, 0.717) is 0 Å². The van der Waals surface area contributed by atoms with Crippen LogP contribution >= 0.6 is 0 Å². The molecule has 1 rings (SSSR count). The highest BCUT2D eigenvalue weighted by Gasteiger charge is 2.17. The van der Waals surface area contributed by atoms with E-state index >= 15 is 0 Å². The summed E-state index contributed by atoms with van der Waals surface area (Å²) in [6.45, 7) is 12.3. The minimum atomic E-state index is 0.274. The Balaban J connectivity index is 2.53. The Hall–Kier alpha value is -0.820. The molecule has 0 radical (unpaired) electrons. The number of hydrogen-bond donors (Lipinski definition) is 1. The van der Waals surface area contributed by atoms with Crippen LogP contribution in [0.4, 0.5) is 0 Å². The Morgan fingerprint density at radius 3 is 1.94 bits per heavy atom. The Morgan fingerprint density at radius 1 is 1.00 bits per heavy atom. The van der Waals surface area contributed by atoms with Crippen molar-refractivity contribution in [3.8, 4) is 0 Å². The predicted octanol–water partition coefficient (Wildman–Crippen LogP) is 4.55. The summed E-state index contributed by atoms with van der Waals surface area (Å²) in [6, 6.07) is 9.06. The average Bonchev–Trinajstić information content (AvgIpc) is 2.37. The van der Waals surface area contributed by atoms with Crippen molar-refractivity contribution < 1.29 is 0 Å². The molecule has 0 spiro atoms. The van der Waals surface area contributed by atoms with Gasteiger partial charge in [-0.2, -0.15) is 0 Å². The van der Waals surface area contributed by atoms with Crippen molar-refractivity contribution in [3.05, 3.63) is 35.4 Å². The molecule has 0 aliphatic heterocycles. The number of benzene rings is 1. The van der Waals surface area contributed by atoms with Gasteiger partial charge >= 0.3 is 0 Å². The molecular formula is C17H29N. The molecule has 1 N–H and O–H groups in total. The van der Waals surface area contributed by atoms with Crippen molar-refractivity contribution >= 4 is 0 Å². The third kappa shape index (κ3) is 4.81. The second-order valence-electron chi connectivity index (χ2n) is 6.04. The van der Waals surface area contributed by atoms with Gasteiger partial charge in [-0.1, -0.05) is 52.0 Å². The zero-order chi connectivity index (χ0) is 13.6. The molecule has 1 aromatic rings. The fourth-order valence-electron chi connectivity index (χ4n) is 2.08. The summed E-state index contributed by atoms with van der Waals surface area (Å²) in [7, 11) is 0. The van der Waals surface area contributed by atoms with Crippen LogP contribution < -0.4 is 5.32 Å². The van der Waals surface area contributed by atoms with E-state index in [1.54, 1.807) is 0 Å². The first-order valence-electron chi connectivity index (χ1n) is 7.32. The molecule has 1 aromatic carbocycles. The molecule has 0 aliphatic rings. The van der Waals surface area contributed by atoms with E-state index in [9.17, 15) is 0 Å². The van der Waals surface area contributed by atoms with Crippen LogP contribution in [-0.4, -0.2) is 5.54 Å². The van der Waals surface area contributed by atoms with Crippen molar-refractivity contribution in [1.82, 2.24) is 5.32 Å². The second kappa shape index (κ2) is 6.94. The molecule has 0 heterocycles. The van der Waals surface area contributed by atoms with Crippen LogP contribution in [0.2, 0.25) is 0 Å². The lowest BCUT2D eigenvalue weighted by molar-refractivity contribution is 0.329. The molecule has 0 aliphatic carbocycles. The molecule has 0 aromatic heterocycles. The maximum atomic E-state index is 3.67. The summed E-state index contributed by atoms with van der Waals surface area (Å²) in [5.74, 6) is 0.734. The molecule has 102 valence electrons. The standard InChI is InChI=1S/C17H29N/c1-6-17(5,7-2)18-13-16-10-8-15(9-11-16)12-14(3)4/h8-11,14,18H,6-7,12-13H2,1-5H3. The lowest BCUT2D eigenvalue weighted by atomic mass is 9.95. The SMILES string of the molecule is CCC(C)(CC)NCc1ccc(CC(C)C)cc1. The van der Waals surface area contributed by atoms with Gasteiger partial charge in [-0.25, -0.2) is 0 Å². The molecule has 1 nitrogen and oxygen atoms in total. The van der Waals surface area contributed by atoms with Gasteiger partial charge in [0, 0.05) is 12.1 Å². The Labute approximate surface area is 113 Å². The fourth-order valence-corrected chi connectivity index (χ4v) is 2.08. The summed E-state index contributed by atoms with van der Waals surface area (Å²) >= 11 is 0. The molecule has 0 fully saturated rings. The van der Waals surface area contributed by atoms with Gasteiger partial charge in [0.15, 0.2) is 0 Å². The molecule has 1 heteroatoms. The topological polar surface area (TPSA) is 12.0 Å². The normalized spacial score (nSPS) is 12.1. The zero-order valence-electron chi connectivity index (χ0n) is 12.7. The second-order valence-corrected chi connectivity index (χ2v) is 6.04. The summed E-state index contributed by atoms with van der Waals surface area (Å²) in [4.78, 5) is 0. The van der Waals surface area contributed by atoms with Crippen molar-refractivity contribution in [1.29, 1.82) is 0 Å². The van der Waals surface area contributed by atoms with Crippen LogP contribution in [0.25, 0.3) is 0 Å². The number of rotatable bonds is 7. The summed E-state index contributed by atoms with van der Waals surface area (Å²) < 4.78 is 0. The van der Waals surface area contributed by atoms with Gasteiger partial charge < -0.3 is 5.32 Å². The molecular weight excluding hydrogens is 218 g/mol. The van der Waals surface area contributed by atoms with E-state index in [2.05, 4.69) is 64.2 Å². The van der Waals surface area contributed by atoms with E-state index in [1.165, 1.54) is 30.4 Å². The third-order valence-corrected chi connectivity index (χ3v) is 3.95. The highest BCUT2D eigenvalue weighted by Crippen LogP contribution is 2.15. The number of hydrogen-bond acceptors (Lipinski definition) is 1. The van der Waals surface area contributed by atoms with E-state index in [0.717, 1.165) is 12.5 Å². The molecule has 0 amide bonds. The first-order chi connectivity index (χ1) is 8.49. The monoisotopic (exact) mass is 247 g/mol. The molecule has 0 saturated carbocycles. The molecule has 0 saturated heterocycles. The van der Waals surface area contributed by atoms with Crippen molar-refractivity contribution in [3.63, 3.8) is 0 Å². The maximum absolute atomic E-state index is 3.67. The quantitative estimate of drug-likeness (QED) is 0.745. The van der Waals surface area contributed by atoms with Crippen LogP contribution in [-0.2, 0) is 13.0 Å². The molecule has 0 atom stereocenters. The average molecular weight is 247 g/mol. The van der Waals surface area contributed by atoms with E-state index in [-0.39, 0.29) is 5.54 Å². The van der Waals surface area contributed by atoms with Gasteiger partial charge in [-0.15, -0.1) is 0 Å². The van der Waals surface area contributed by atoms with Crippen LogP contribution in [0.1, 0.15) is 58.6 Å². The predicted molar refractivity (Wildman–Crippen MR) is 80.8 cm³/mol. The summed E-state index contributed by atoms with van der Waals surface area (Å²) in [6.07, 6.45) is 3.53.